The zero-order valence-electron chi connectivity index (χ0n) is 23.6. The highest BCUT2D eigenvalue weighted by Crippen LogP contribution is 2.51. The normalized spacial score (nSPS) is 14.2. The van der Waals surface area contributed by atoms with Crippen molar-refractivity contribution in [2.24, 2.45) is 0 Å². The van der Waals surface area contributed by atoms with E-state index in [1.54, 1.807) is 56.7 Å². The molecule has 212 valence electrons. The van der Waals surface area contributed by atoms with E-state index in [1.807, 2.05) is 36.4 Å². The molecule has 0 amide bonds. The summed E-state index contributed by atoms with van der Waals surface area (Å²) in [5, 5.41) is 0.380. The molecule has 0 aliphatic carbocycles. The van der Waals surface area contributed by atoms with Gasteiger partial charge in [0.15, 0.2) is 5.78 Å². The summed E-state index contributed by atoms with van der Waals surface area (Å²) < 4.78 is 35.1. The Kier molecular flexibility index (Phi) is 7.04. The Hall–Kier alpha value is -5.24. The van der Waals surface area contributed by atoms with Gasteiger partial charge in [-0.2, -0.15) is 0 Å². The Morgan fingerprint density at radius 1 is 0.690 bits per heavy atom. The van der Waals surface area contributed by atoms with Crippen LogP contribution in [0.4, 0.5) is 0 Å². The minimum Gasteiger partial charge on any atom is -0.497 e. The summed E-state index contributed by atoms with van der Waals surface area (Å²) in [5.74, 6) is 2.23. The second-order valence-corrected chi connectivity index (χ2v) is 9.73. The largest absolute Gasteiger partial charge is 0.497 e. The zero-order chi connectivity index (χ0) is 29.4. The fourth-order valence-corrected chi connectivity index (χ4v) is 5.33. The highest BCUT2D eigenvalue weighted by atomic mass is 16.5. The fraction of sp³-hybridized carbons (Fsp3) is 0.176. The first-order valence-corrected chi connectivity index (χ1v) is 13.3. The van der Waals surface area contributed by atoms with E-state index in [9.17, 15) is 9.59 Å². The number of hydrogen-bond acceptors (Lipinski definition) is 8. The summed E-state index contributed by atoms with van der Waals surface area (Å²) >= 11 is 0. The molecule has 1 unspecified atom stereocenters. The van der Waals surface area contributed by atoms with Crippen molar-refractivity contribution in [2.75, 3.05) is 28.4 Å². The molecule has 4 aromatic carbocycles. The highest BCUT2D eigenvalue weighted by molar-refractivity contribution is 6.07. The third kappa shape index (κ3) is 4.51. The van der Waals surface area contributed by atoms with Gasteiger partial charge in [-0.25, -0.2) is 0 Å². The Balaban J connectivity index is 1.66. The van der Waals surface area contributed by atoms with Crippen LogP contribution in [0, 0.1) is 0 Å². The van der Waals surface area contributed by atoms with Crippen LogP contribution >= 0.6 is 0 Å². The number of carbonyl (C=O) groups excluding carboxylic acids is 1. The van der Waals surface area contributed by atoms with Crippen LogP contribution in [0.2, 0.25) is 0 Å². The lowest BCUT2D eigenvalue weighted by Crippen LogP contribution is -2.23. The monoisotopic (exact) mass is 564 g/mol. The molecule has 1 atom stereocenters. The van der Waals surface area contributed by atoms with Gasteiger partial charge in [0, 0.05) is 11.6 Å². The molecule has 8 heteroatoms. The maximum atomic E-state index is 14.3. The summed E-state index contributed by atoms with van der Waals surface area (Å²) in [6, 6.07) is 23.2. The molecule has 8 nitrogen and oxygen atoms in total. The first-order valence-electron chi connectivity index (χ1n) is 13.3. The van der Waals surface area contributed by atoms with Crippen molar-refractivity contribution >= 4 is 16.8 Å². The predicted octanol–water partition coefficient (Wildman–Crippen LogP) is 6.87. The zero-order valence-corrected chi connectivity index (χ0v) is 23.6. The second-order valence-electron chi connectivity index (χ2n) is 9.73. The molecule has 6 rings (SSSR count). The molecule has 1 aliphatic rings. The molecular formula is C34H28O8. The molecule has 0 bridgehead atoms. The average Bonchev–Trinajstić information content (AvgIpc) is 3.04. The molecule has 2 heterocycles. The van der Waals surface area contributed by atoms with Gasteiger partial charge in [-0.3, -0.25) is 9.59 Å². The molecule has 42 heavy (non-hydrogen) atoms. The van der Waals surface area contributed by atoms with Crippen LogP contribution in [0.1, 0.15) is 28.4 Å². The minimum absolute atomic E-state index is 0.0825. The molecule has 0 saturated carbocycles. The Labute approximate surface area is 242 Å². The van der Waals surface area contributed by atoms with Gasteiger partial charge in [0.1, 0.15) is 51.8 Å². The number of carbonyl (C=O) groups is 1. The Morgan fingerprint density at radius 2 is 1.31 bits per heavy atom. The molecule has 0 radical (unpaired) electrons. The van der Waals surface area contributed by atoms with Gasteiger partial charge in [0.2, 0.25) is 5.43 Å². The van der Waals surface area contributed by atoms with Gasteiger partial charge in [0.25, 0.3) is 0 Å². The first kappa shape index (κ1) is 27.0. The van der Waals surface area contributed by atoms with E-state index in [-0.39, 0.29) is 34.5 Å². The van der Waals surface area contributed by atoms with E-state index < -0.39 is 6.10 Å². The summed E-state index contributed by atoms with van der Waals surface area (Å²) in [4.78, 5) is 28.1. The van der Waals surface area contributed by atoms with Crippen molar-refractivity contribution in [3.05, 3.63) is 100 Å². The van der Waals surface area contributed by atoms with Gasteiger partial charge in [-0.15, -0.1) is 0 Å². The van der Waals surface area contributed by atoms with Gasteiger partial charge in [0.05, 0.1) is 51.4 Å². The number of Topliss-reactive ketones (excluding diaryl/α,β-unsaturated/α-hetero) is 1. The predicted molar refractivity (Wildman–Crippen MR) is 158 cm³/mol. The van der Waals surface area contributed by atoms with Gasteiger partial charge >= 0.3 is 0 Å². The van der Waals surface area contributed by atoms with E-state index >= 15 is 0 Å². The summed E-state index contributed by atoms with van der Waals surface area (Å²) in [6.45, 7) is 0. The van der Waals surface area contributed by atoms with Gasteiger partial charge in [-0.05, 0) is 54.1 Å². The molecular weight excluding hydrogens is 536 g/mol. The third-order valence-electron chi connectivity index (χ3n) is 7.45. The Bertz CT molecular complexity index is 1850. The topological polar surface area (TPSA) is 93.4 Å². The number of rotatable bonds is 7. The molecule has 0 fully saturated rings. The van der Waals surface area contributed by atoms with E-state index in [4.69, 9.17) is 28.1 Å². The van der Waals surface area contributed by atoms with E-state index in [0.29, 0.717) is 50.9 Å². The molecule has 5 aromatic rings. The van der Waals surface area contributed by atoms with Crippen LogP contribution < -0.4 is 29.1 Å². The lowest BCUT2D eigenvalue weighted by atomic mass is 9.89. The molecule has 0 spiro atoms. The van der Waals surface area contributed by atoms with Crippen LogP contribution in [0.3, 0.4) is 0 Å². The quantitative estimate of drug-likeness (QED) is 0.212. The Morgan fingerprint density at radius 3 is 1.95 bits per heavy atom. The SMILES string of the molecule is COc1ccc(-c2oc3ccccc3c(=O)c2-c2c(OC)cc(OC)c3c2OC(c2ccc(OC)cc2)CC3=O)cc1. The lowest BCUT2D eigenvalue weighted by Gasteiger charge is -2.30. The maximum Gasteiger partial charge on any atom is 0.201 e. The van der Waals surface area contributed by atoms with E-state index in [0.717, 1.165) is 5.56 Å². The summed E-state index contributed by atoms with van der Waals surface area (Å²) in [6.07, 6.45) is -0.539. The van der Waals surface area contributed by atoms with E-state index in [2.05, 4.69) is 0 Å². The summed E-state index contributed by atoms with van der Waals surface area (Å²) in [5.41, 5.74) is 2.30. The third-order valence-corrected chi connectivity index (χ3v) is 7.45. The molecule has 0 N–H and O–H groups in total. The van der Waals surface area contributed by atoms with Crippen LogP contribution in [-0.2, 0) is 0 Å². The second kappa shape index (κ2) is 11.0. The number of para-hydroxylation sites is 1. The molecule has 0 saturated heterocycles. The van der Waals surface area contributed by atoms with Crippen molar-refractivity contribution in [2.45, 2.75) is 12.5 Å². The lowest BCUT2D eigenvalue weighted by molar-refractivity contribution is 0.0845. The first-order chi connectivity index (χ1) is 20.5. The van der Waals surface area contributed by atoms with Crippen molar-refractivity contribution in [1.29, 1.82) is 0 Å². The maximum absolute atomic E-state index is 14.3. The fourth-order valence-electron chi connectivity index (χ4n) is 5.33. The average molecular weight is 565 g/mol. The van der Waals surface area contributed by atoms with Gasteiger partial charge in [-0.1, -0.05) is 24.3 Å². The number of benzene rings is 4. The number of ketones is 1. The van der Waals surface area contributed by atoms with Crippen molar-refractivity contribution in [3.8, 4) is 51.2 Å². The molecule has 1 aromatic heterocycles. The van der Waals surface area contributed by atoms with Crippen LogP contribution in [-0.4, -0.2) is 34.2 Å². The van der Waals surface area contributed by atoms with Crippen molar-refractivity contribution < 1.29 is 32.9 Å². The standard InChI is InChI=1S/C34H28O8/c1-37-21-13-9-19(10-14-21)26-17-24(35)29-27(39-3)18-28(40-4)30(34(29)42-26)31-32(36)23-7-5-6-8-25(23)41-33(31)20-11-15-22(38-2)16-12-20/h5-16,18,26H,17H2,1-4H3. The molecule has 1 aliphatic heterocycles. The minimum atomic E-state index is -0.622. The number of ether oxygens (including phenoxy) is 5. The summed E-state index contributed by atoms with van der Waals surface area (Å²) in [7, 11) is 6.14. The van der Waals surface area contributed by atoms with E-state index in [1.165, 1.54) is 14.2 Å². The highest BCUT2D eigenvalue weighted by Gasteiger charge is 2.37. The number of fused-ring (bicyclic) bond motifs is 2. The smallest absolute Gasteiger partial charge is 0.201 e. The number of methoxy groups -OCH3 is 4. The number of hydrogen-bond donors (Lipinski definition) is 0. The van der Waals surface area contributed by atoms with Crippen LogP contribution in [0.15, 0.2) is 88.1 Å². The van der Waals surface area contributed by atoms with Crippen LogP contribution in [0.25, 0.3) is 33.4 Å². The van der Waals surface area contributed by atoms with Gasteiger partial charge < -0.3 is 28.1 Å². The van der Waals surface area contributed by atoms with Crippen molar-refractivity contribution in [1.82, 2.24) is 0 Å². The van der Waals surface area contributed by atoms with Crippen LogP contribution in [0.5, 0.6) is 28.7 Å². The van der Waals surface area contributed by atoms with Crippen molar-refractivity contribution in [3.63, 3.8) is 0 Å².